The lowest BCUT2D eigenvalue weighted by atomic mass is 9.32. The quantitative estimate of drug-likeness (QED) is 0.227. The van der Waals surface area contributed by atoms with E-state index in [0.29, 0.717) is 40.6 Å². The zero-order valence-corrected chi connectivity index (χ0v) is 34.7. The van der Waals surface area contributed by atoms with Crippen molar-refractivity contribution in [1.82, 2.24) is 0 Å². The maximum absolute atomic E-state index is 14.8. The molecule has 0 radical (unpaired) electrons. The normalized spacial score (nSPS) is 41.4. The SMILES string of the molecule is COC(=O)c1ccc(C2=CC[C@]3(C)[C@H]4CC[C@@H]5[C@H]6[C@H](C7(C)CC7)CC[C@]6(C(=O)O[Si](C)(C)C(C)(C)C)CC[C@@]5(C)[C@]4(C)CC[C@H]3C2(C)C)cc1. The van der Waals surface area contributed by atoms with Gasteiger partial charge in [-0.1, -0.05) is 80.5 Å². The van der Waals surface area contributed by atoms with Crippen molar-refractivity contribution in [2.24, 2.45) is 62.1 Å². The summed E-state index contributed by atoms with van der Waals surface area (Å²) in [7, 11) is -0.787. The van der Waals surface area contributed by atoms with E-state index in [1.807, 2.05) is 12.1 Å². The van der Waals surface area contributed by atoms with E-state index in [4.69, 9.17) is 9.16 Å². The maximum atomic E-state index is 14.8. The second-order valence-electron chi connectivity index (χ2n) is 21.4. The van der Waals surface area contributed by atoms with Crippen LogP contribution in [-0.2, 0) is 14.0 Å². The summed E-state index contributed by atoms with van der Waals surface area (Å²) in [6.45, 7) is 27.0. The summed E-state index contributed by atoms with van der Waals surface area (Å²) in [6.07, 6.45) is 15.9. The van der Waals surface area contributed by atoms with Crippen molar-refractivity contribution in [2.75, 3.05) is 7.11 Å². The molecule has 4 nitrogen and oxygen atoms in total. The van der Waals surface area contributed by atoms with Crippen LogP contribution in [0.5, 0.6) is 0 Å². The third-order valence-corrected chi connectivity index (χ3v) is 22.4. The Morgan fingerprint density at radius 2 is 1.42 bits per heavy atom. The molecule has 5 saturated carbocycles. The second-order valence-corrected chi connectivity index (χ2v) is 26.1. The Morgan fingerprint density at radius 1 is 0.760 bits per heavy atom. The average Bonchev–Trinajstić information content (AvgIpc) is 3.64. The average molecular weight is 701 g/mol. The summed E-state index contributed by atoms with van der Waals surface area (Å²) in [5.74, 6) is 2.87. The predicted molar refractivity (Wildman–Crippen MR) is 206 cm³/mol. The van der Waals surface area contributed by atoms with Crippen LogP contribution in [0.15, 0.2) is 30.3 Å². The van der Waals surface area contributed by atoms with Crippen LogP contribution >= 0.6 is 0 Å². The van der Waals surface area contributed by atoms with Gasteiger partial charge in [0.1, 0.15) is 0 Å². The molecule has 0 saturated heterocycles. The van der Waals surface area contributed by atoms with Crippen LogP contribution < -0.4 is 0 Å². The summed E-state index contributed by atoms with van der Waals surface area (Å²) in [6, 6.07) is 8.11. The van der Waals surface area contributed by atoms with Crippen molar-refractivity contribution in [3.63, 3.8) is 0 Å². The minimum atomic E-state index is -2.23. The zero-order valence-electron chi connectivity index (χ0n) is 33.7. The first-order chi connectivity index (χ1) is 23.1. The first-order valence-electron chi connectivity index (χ1n) is 20.2. The molecule has 9 atom stereocenters. The Labute approximate surface area is 305 Å². The number of esters is 1. The number of fused-ring (bicyclic) bond motifs is 7. The summed E-state index contributed by atoms with van der Waals surface area (Å²) in [5, 5.41) is 0.0205. The van der Waals surface area contributed by atoms with Crippen molar-refractivity contribution in [3.8, 4) is 0 Å². The van der Waals surface area contributed by atoms with Gasteiger partial charge in [0.05, 0.1) is 18.1 Å². The van der Waals surface area contributed by atoms with Gasteiger partial charge in [-0.05, 0) is 169 Å². The molecule has 1 aromatic rings. The highest BCUT2D eigenvalue weighted by atomic mass is 28.4. The van der Waals surface area contributed by atoms with E-state index in [9.17, 15) is 9.59 Å². The Balaban J connectivity index is 1.22. The van der Waals surface area contributed by atoms with E-state index in [1.165, 1.54) is 63.2 Å². The van der Waals surface area contributed by atoms with Crippen molar-refractivity contribution in [1.29, 1.82) is 0 Å². The van der Waals surface area contributed by atoms with Gasteiger partial charge in [0.15, 0.2) is 0 Å². The highest BCUT2D eigenvalue weighted by molar-refractivity contribution is 6.75. The van der Waals surface area contributed by atoms with Crippen LogP contribution in [0.25, 0.3) is 5.57 Å². The standard InChI is InChI=1S/C45H68O4Si/c1-39(2,3)50(11,12)49-38(47)45-24-20-32(41(6)25-26-41)36(45)33-17-18-35-42(7)22-19-31(29-13-15-30(16-14-29)37(46)48-10)40(4,5)34(42)21-23-44(35,9)43(33,8)27-28-45/h13-16,19,32-36H,17-18,20-28H2,1-12H3/t32-,33-,34+,35-,36-,42+,43-,44-,45+/m1/s1. The summed E-state index contributed by atoms with van der Waals surface area (Å²) < 4.78 is 11.8. The molecule has 6 aliphatic carbocycles. The molecule has 0 aliphatic heterocycles. The second kappa shape index (κ2) is 11.3. The van der Waals surface area contributed by atoms with Gasteiger partial charge in [0, 0.05) is 0 Å². The maximum Gasteiger partial charge on any atom is 0.337 e. The Hall–Kier alpha value is -1.88. The number of ether oxygens (including phenoxy) is 1. The molecule has 5 heteroatoms. The van der Waals surface area contributed by atoms with Crippen LogP contribution in [0.4, 0.5) is 0 Å². The van der Waals surface area contributed by atoms with Gasteiger partial charge in [-0.3, -0.25) is 4.79 Å². The smallest absolute Gasteiger partial charge is 0.337 e. The van der Waals surface area contributed by atoms with Gasteiger partial charge < -0.3 is 9.16 Å². The van der Waals surface area contributed by atoms with Crippen molar-refractivity contribution in [2.45, 2.75) is 151 Å². The van der Waals surface area contributed by atoms with Gasteiger partial charge in [0.2, 0.25) is 0 Å². The van der Waals surface area contributed by atoms with Crippen molar-refractivity contribution in [3.05, 3.63) is 41.5 Å². The van der Waals surface area contributed by atoms with E-state index in [2.05, 4.69) is 93.6 Å². The summed E-state index contributed by atoms with van der Waals surface area (Å²) in [5.41, 5.74) is 4.13. The van der Waals surface area contributed by atoms with Gasteiger partial charge in [-0.2, -0.15) is 0 Å². The molecule has 7 rings (SSSR count). The van der Waals surface area contributed by atoms with E-state index in [-0.39, 0.29) is 44.1 Å². The molecule has 0 amide bonds. The molecule has 0 N–H and O–H groups in total. The fraction of sp³-hybridized carbons (Fsp3) is 0.778. The largest absolute Gasteiger partial charge is 0.519 e. The summed E-state index contributed by atoms with van der Waals surface area (Å²) >= 11 is 0. The van der Waals surface area contributed by atoms with Gasteiger partial charge in [0.25, 0.3) is 14.3 Å². The van der Waals surface area contributed by atoms with Crippen molar-refractivity contribution >= 4 is 25.8 Å². The number of carbonyl (C=O) groups excluding carboxylic acids is 2. The summed E-state index contributed by atoms with van der Waals surface area (Å²) in [4.78, 5) is 27.0. The molecule has 1 aromatic carbocycles. The molecule has 0 spiro atoms. The van der Waals surface area contributed by atoms with Crippen LogP contribution in [-0.4, -0.2) is 27.4 Å². The van der Waals surface area contributed by atoms with Crippen LogP contribution in [0.1, 0.15) is 149 Å². The molecule has 6 aliphatic rings. The first-order valence-corrected chi connectivity index (χ1v) is 23.2. The van der Waals surface area contributed by atoms with Gasteiger partial charge >= 0.3 is 5.97 Å². The van der Waals surface area contributed by atoms with Gasteiger partial charge in [-0.15, -0.1) is 0 Å². The molecular formula is C45H68O4Si. The van der Waals surface area contributed by atoms with Gasteiger partial charge in [-0.25, -0.2) is 4.79 Å². The lowest BCUT2D eigenvalue weighted by molar-refractivity contribution is -0.230. The fourth-order valence-corrected chi connectivity index (χ4v) is 14.8. The number of allylic oxidation sites excluding steroid dienone is 2. The Morgan fingerprint density at radius 3 is 2.02 bits per heavy atom. The zero-order chi connectivity index (χ0) is 36.5. The Kier molecular flexibility index (Phi) is 8.25. The van der Waals surface area contributed by atoms with E-state index < -0.39 is 8.32 Å². The van der Waals surface area contributed by atoms with Crippen LogP contribution in [0.2, 0.25) is 18.1 Å². The predicted octanol–water partition coefficient (Wildman–Crippen LogP) is 11.9. The molecular weight excluding hydrogens is 633 g/mol. The molecule has 0 unspecified atom stereocenters. The van der Waals surface area contributed by atoms with Crippen LogP contribution in [0.3, 0.4) is 0 Å². The molecule has 0 heterocycles. The third kappa shape index (κ3) is 4.92. The lowest BCUT2D eigenvalue weighted by Gasteiger charge is -2.72. The minimum Gasteiger partial charge on any atom is -0.519 e. The molecule has 0 aromatic heterocycles. The first kappa shape index (κ1) is 36.5. The monoisotopic (exact) mass is 700 g/mol. The number of carbonyl (C=O) groups is 2. The number of hydrogen-bond donors (Lipinski definition) is 0. The number of rotatable bonds is 5. The molecule has 0 bridgehead atoms. The van der Waals surface area contributed by atoms with Crippen LogP contribution in [0, 0.1) is 62.1 Å². The molecule has 50 heavy (non-hydrogen) atoms. The van der Waals surface area contributed by atoms with E-state index in [0.717, 1.165) is 25.7 Å². The molecule has 5 fully saturated rings. The molecule has 276 valence electrons. The minimum absolute atomic E-state index is 0.0205. The Bertz CT molecular complexity index is 1580. The highest BCUT2D eigenvalue weighted by Gasteiger charge is 2.73. The number of hydrogen-bond acceptors (Lipinski definition) is 4. The van der Waals surface area contributed by atoms with Crippen molar-refractivity contribution < 1.29 is 18.8 Å². The number of benzene rings is 1. The third-order valence-electron chi connectivity index (χ3n) is 18.1. The lowest BCUT2D eigenvalue weighted by Crippen LogP contribution is -2.66. The fourth-order valence-electron chi connectivity index (χ4n) is 13.8. The topological polar surface area (TPSA) is 52.6 Å². The number of methoxy groups -OCH3 is 1. The van der Waals surface area contributed by atoms with E-state index in [1.54, 1.807) is 0 Å². The highest BCUT2D eigenvalue weighted by Crippen LogP contribution is 2.79. The van der Waals surface area contributed by atoms with E-state index >= 15 is 0 Å².